The van der Waals surface area contributed by atoms with Crippen molar-refractivity contribution in [1.82, 2.24) is 10.2 Å². The van der Waals surface area contributed by atoms with Gasteiger partial charge in [-0.25, -0.2) is 4.79 Å². The molecule has 5 nitrogen and oxygen atoms in total. The van der Waals surface area contributed by atoms with Gasteiger partial charge in [-0.15, -0.1) is 0 Å². The lowest BCUT2D eigenvalue weighted by Crippen LogP contribution is -2.44. The van der Waals surface area contributed by atoms with Crippen LogP contribution in [0.5, 0.6) is 0 Å². The highest BCUT2D eigenvalue weighted by atomic mass is 16.2. The normalized spacial score (nSPS) is 23.8. The Kier molecular flexibility index (Phi) is 3.35. The van der Waals surface area contributed by atoms with Crippen molar-refractivity contribution in [1.29, 1.82) is 0 Å². The number of amides is 3. The third kappa shape index (κ3) is 1.99. The summed E-state index contributed by atoms with van der Waals surface area (Å²) < 4.78 is 0. The van der Waals surface area contributed by atoms with Crippen molar-refractivity contribution >= 4 is 17.6 Å². The van der Waals surface area contributed by atoms with Gasteiger partial charge in [0, 0.05) is 32.4 Å². The lowest BCUT2D eigenvalue weighted by Gasteiger charge is -2.23. The Hall–Kier alpha value is -2.04. The zero-order valence-corrected chi connectivity index (χ0v) is 12.6. The molecule has 112 valence electrons. The molecule has 1 unspecified atom stereocenters. The van der Waals surface area contributed by atoms with Crippen LogP contribution in [0.15, 0.2) is 24.3 Å². The number of carbonyl (C=O) groups excluding carboxylic acids is 2. The number of hydrogen-bond donors (Lipinski definition) is 1. The predicted octanol–water partition coefficient (Wildman–Crippen LogP) is 1.73. The van der Waals surface area contributed by atoms with Gasteiger partial charge in [0.15, 0.2) is 0 Å². The smallest absolute Gasteiger partial charge is 0.317 e. The van der Waals surface area contributed by atoms with E-state index in [9.17, 15) is 9.59 Å². The molecule has 0 radical (unpaired) electrons. The van der Waals surface area contributed by atoms with E-state index in [1.165, 1.54) is 0 Å². The first-order valence-corrected chi connectivity index (χ1v) is 7.50. The summed E-state index contributed by atoms with van der Waals surface area (Å²) in [5.41, 5.74) is 1.48. The Labute approximate surface area is 124 Å². The van der Waals surface area contributed by atoms with E-state index in [0.717, 1.165) is 17.7 Å². The number of carbonyl (C=O) groups is 2. The van der Waals surface area contributed by atoms with Gasteiger partial charge in [0.2, 0.25) is 5.91 Å². The van der Waals surface area contributed by atoms with Gasteiger partial charge in [-0.2, -0.15) is 0 Å². The molecule has 1 atom stereocenters. The molecule has 3 rings (SSSR count). The van der Waals surface area contributed by atoms with Crippen molar-refractivity contribution in [3.63, 3.8) is 0 Å². The summed E-state index contributed by atoms with van der Waals surface area (Å²) in [6.07, 6.45) is 1.61. The van der Waals surface area contributed by atoms with E-state index in [-0.39, 0.29) is 11.9 Å². The standard InChI is InChI=1S/C16H21N3O2/c1-3-9-17-15(21)19-10-8-16(11-19)12-6-4-5-7-13(12)18(2)14(16)20/h4-7H,3,8-11H2,1-2H3,(H,17,21). The maximum absolute atomic E-state index is 12.7. The van der Waals surface area contributed by atoms with Gasteiger partial charge in [0.05, 0.1) is 5.41 Å². The highest BCUT2D eigenvalue weighted by Gasteiger charge is 2.54. The number of rotatable bonds is 2. The number of likely N-dealkylation sites (N-methyl/N-ethyl adjacent to an activating group) is 1. The van der Waals surface area contributed by atoms with Gasteiger partial charge in [0.1, 0.15) is 0 Å². The van der Waals surface area contributed by atoms with Gasteiger partial charge >= 0.3 is 6.03 Å². The zero-order valence-electron chi connectivity index (χ0n) is 12.6. The van der Waals surface area contributed by atoms with E-state index < -0.39 is 5.41 Å². The highest BCUT2D eigenvalue weighted by molar-refractivity contribution is 6.08. The van der Waals surface area contributed by atoms with Crippen LogP contribution in [0.3, 0.4) is 0 Å². The summed E-state index contributed by atoms with van der Waals surface area (Å²) in [5, 5.41) is 2.89. The van der Waals surface area contributed by atoms with Crippen molar-refractivity contribution in [3.8, 4) is 0 Å². The lowest BCUT2D eigenvalue weighted by atomic mass is 9.81. The minimum atomic E-state index is -0.547. The van der Waals surface area contributed by atoms with Crippen LogP contribution in [-0.4, -0.2) is 43.5 Å². The van der Waals surface area contributed by atoms with Crippen LogP contribution < -0.4 is 10.2 Å². The second kappa shape index (κ2) is 5.06. The van der Waals surface area contributed by atoms with Gasteiger partial charge in [-0.3, -0.25) is 4.79 Å². The number of para-hydroxylation sites is 1. The molecule has 1 aromatic carbocycles. The van der Waals surface area contributed by atoms with Crippen LogP contribution >= 0.6 is 0 Å². The van der Waals surface area contributed by atoms with Gasteiger partial charge < -0.3 is 15.1 Å². The average Bonchev–Trinajstić information content (AvgIpc) is 3.04. The third-order valence-electron chi connectivity index (χ3n) is 4.58. The molecular weight excluding hydrogens is 266 g/mol. The second-order valence-corrected chi connectivity index (χ2v) is 5.87. The molecule has 1 aromatic rings. The van der Waals surface area contributed by atoms with E-state index in [1.54, 1.807) is 9.80 Å². The van der Waals surface area contributed by atoms with E-state index in [4.69, 9.17) is 0 Å². The van der Waals surface area contributed by atoms with Gasteiger partial charge in [-0.05, 0) is 24.5 Å². The fraction of sp³-hybridized carbons (Fsp3) is 0.500. The molecule has 0 aliphatic carbocycles. The minimum absolute atomic E-state index is 0.0615. The molecule has 1 spiro atoms. The number of likely N-dealkylation sites (tertiary alicyclic amines) is 1. The third-order valence-corrected chi connectivity index (χ3v) is 4.58. The Morgan fingerprint density at radius 3 is 2.90 bits per heavy atom. The Morgan fingerprint density at radius 1 is 1.38 bits per heavy atom. The minimum Gasteiger partial charge on any atom is -0.338 e. The van der Waals surface area contributed by atoms with E-state index in [2.05, 4.69) is 5.32 Å². The first-order valence-electron chi connectivity index (χ1n) is 7.50. The molecule has 0 bridgehead atoms. The van der Waals surface area contributed by atoms with Crippen molar-refractivity contribution in [2.75, 3.05) is 31.6 Å². The number of nitrogens with one attached hydrogen (secondary N) is 1. The first kappa shape index (κ1) is 13.9. The summed E-state index contributed by atoms with van der Waals surface area (Å²) in [6.45, 7) is 3.80. The Morgan fingerprint density at radius 2 is 2.14 bits per heavy atom. The molecule has 2 aliphatic heterocycles. The van der Waals surface area contributed by atoms with Crippen LogP contribution in [0.4, 0.5) is 10.5 Å². The maximum Gasteiger partial charge on any atom is 0.317 e. The van der Waals surface area contributed by atoms with Crippen LogP contribution in [-0.2, 0) is 10.2 Å². The van der Waals surface area contributed by atoms with Gasteiger partial charge in [-0.1, -0.05) is 25.1 Å². The molecule has 5 heteroatoms. The fourth-order valence-corrected chi connectivity index (χ4v) is 3.44. The molecule has 1 fully saturated rings. The topological polar surface area (TPSA) is 52.7 Å². The van der Waals surface area contributed by atoms with Crippen LogP contribution in [0, 0.1) is 0 Å². The Balaban J connectivity index is 1.87. The maximum atomic E-state index is 12.7. The number of urea groups is 1. The monoisotopic (exact) mass is 287 g/mol. The van der Waals surface area contributed by atoms with Crippen LogP contribution in [0.2, 0.25) is 0 Å². The molecule has 0 aromatic heterocycles. The molecule has 21 heavy (non-hydrogen) atoms. The van der Waals surface area contributed by atoms with Crippen molar-refractivity contribution in [2.45, 2.75) is 25.2 Å². The number of anilines is 1. The lowest BCUT2D eigenvalue weighted by molar-refractivity contribution is -0.122. The number of hydrogen-bond acceptors (Lipinski definition) is 2. The number of benzene rings is 1. The van der Waals surface area contributed by atoms with Crippen LogP contribution in [0.25, 0.3) is 0 Å². The summed E-state index contributed by atoms with van der Waals surface area (Å²) in [4.78, 5) is 28.4. The fourth-order valence-electron chi connectivity index (χ4n) is 3.44. The molecule has 1 N–H and O–H groups in total. The largest absolute Gasteiger partial charge is 0.338 e. The number of fused-ring (bicyclic) bond motifs is 2. The molecule has 3 amide bonds. The summed E-state index contributed by atoms with van der Waals surface area (Å²) >= 11 is 0. The number of nitrogens with zero attached hydrogens (tertiary/aromatic N) is 2. The zero-order chi connectivity index (χ0) is 15.0. The molecule has 0 saturated carbocycles. The van der Waals surface area contributed by atoms with Crippen molar-refractivity contribution < 1.29 is 9.59 Å². The van der Waals surface area contributed by atoms with E-state index in [0.29, 0.717) is 26.1 Å². The predicted molar refractivity (Wildman–Crippen MR) is 81.4 cm³/mol. The summed E-state index contributed by atoms with van der Waals surface area (Å²) in [5.74, 6) is 0.106. The van der Waals surface area contributed by atoms with Crippen molar-refractivity contribution in [3.05, 3.63) is 29.8 Å². The van der Waals surface area contributed by atoms with Crippen LogP contribution in [0.1, 0.15) is 25.3 Å². The second-order valence-electron chi connectivity index (χ2n) is 5.87. The average molecular weight is 287 g/mol. The van der Waals surface area contributed by atoms with E-state index in [1.807, 2.05) is 38.2 Å². The molecule has 2 heterocycles. The molecular formula is C16H21N3O2. The quantitative estimate of drug-likeness (QED) is 0.900. The molecule has 1 saturated heterocycles. The summed E-state index contributed by atoms with van der Waals surface area (Å²) in [7, 11) is 1.82. The SMILES string of the molecule is CCCNC(=O)N1CCC2(C1)C(=O)N(C)c1ccccc12. The highest BCUT2D eigenvalue weighted by Crippen LogP contribution is 2.46. The first-order chi connectivity index (χ1) is 10.1. The van der Waals surface area contributed by atoms with Gasteiger partial charge in [0.25, 0.3) is 0 Å². The Bertz CT molecular complexity index is 587. The molecule has 2 aliphatic rings. The summed E-state index contributed by atoms with van der Waals surface area (Å²) in [6, 6.07) is 7.84. The van der Waals surface area contributed by atoms with E-state index >= 15 is 0 Å². The van der Waals surface area contributed by atoms with Crippen molar-refractivity contribution in [2.24, 2.45) is 0 Å².